The molecule has 0 radical (unpaired) electrons. The van der Waals surface area contributed by atoms with E-state index in [0.29, 0.717) is 28.5 Å². The van der Waals surface area contributed by atoms with Crippen molar-refractivity contribution in [2.24, 2.45) is 5.10 Å². The summed E-state index contributed by atoms with van der Waals surface area (Å²) in [5, 5.41) is 13.7. The number of nitrogens with zero attached hydrogens (tertiary/aromatic N) is 4. The second kappa shape index (κ2) is 10.9. The topological polar surface area (TPSA) is 90.4 Å². The number of hydrogen-bond acceptors (Lipinski definition) is 7. The van der Waals surface area contributed by atoms with Gasteiger partial charge in [-0.3, -0.25) is 0 Å². The highest BCUT2D eigenvalue weighted by Crippen LogP contribution is 2.23. The zero-order valence-corrected chi connectivity index (χ0v) is 19.6. The first-order valence-corrected chi connectivity index (χ1v) is 11.6. The molecule has 1 aromatic heterocycles. The van der Waals surface area contributed by atoms with Crippen LogP contribution in [0.1, 0.15) is 22.3 Å². The van der Waals surface area contributed by atoms with E-state index >= 15 is 0 Å². The van der Waals surface area contributed by atoms with Gasteiger partial charge in [0, 0.05) is 21.9 Å². The molecule has 0 fully saturated rings. The smallest absolute Gasteiger partial charge is 0.264 e. The monoisotopic (exact) mass is 478 g/mol. The summed E-state index contributed by atoms with van der Waals surface area (Å²) >= 11 is 7.72. The molecule has 4 rings (SSSR count). The van der Waals surface area contributed by atoms with Crippen LogP contribution in [0.3, 0.4) is 0 Å². The highest BCUT2D eigenvalue weighted by molar-refractivity contribution is 7.98. The van der Waals surface area contributed by atoms with Crippen molar-refractivity contribution < 1.29 is 4.74 Å². The van der Waals surface area contributed by atoms with Crippen molar-refractivity contribution in [3.05, 3.63) is 100 Å². The molecule has 4 aromatic rings. The van der Waals surface area contributed by atoms with Crippen molar-refractivity contribution in [3.8, 4) is 5.75 Å². The van der Waals surface area contributed by atoms with Gasteiger partial charge in [0.05, 0.1) is 6.21 Å². The number of hydrazone groups is 1. The number of aromatic nitrogens is 3. The molecular weight excluding hydrogens is 456 g/mol. The molecule has 3 aromatic carbocycles. The molecule has 0 amide bonds. The first-order chi connectivity index (χ1) is 16.1. The highest BCUT2D eigenvalue weighted by atomic mass is 35.5. The summed E-state index contributed by atoms with van der Waals surface area (Å²) in [5.41, 5.74) is 6.97. The molecule has 9 heteroatoms. The number of thioether (sulfide) groups is 1. The fourth-order valence-corrected chi connectivity index (χ4v) is 3.94. The number of rotatable bonds is 9. The van der Waals surface area contributed by atoms with E-state index in [2.05, 4.69) is 51.9 Å². The Balaban J connectivity index is 1.36. The van der Waals surface area contributed by atoms with Gasteiger partial charge >= 0.3 is 0 Å². The Morgan fingerprint density at radius 1 is 1.06 bits per heavy atom. The third kappa shape index (κ3) is 6.06. The lowest BCUT2D eigenvalue weighted by atomic mass is 10.2. The summed E-state index contributed by atoms with van der Waals surface area (Å²) in [4.78, 5) is 0. The van der Waals surface area contributed by atoms with Gasteiger partial charge in [0.15, 0.2) is 0 Å². The number of anilines is 1. The van der Waals surface area contributed by atoms with Gasteiger partial charge in [-0.15, -0.1) is 10.2 Å². The predicted octanol–water partition coefficient (Wildman–Crippen LogP) is 5.27. The van der Waals surface area contributed by atoms with Crippen LogP contribution >= 0.6 is 23.4 Å². The van der Waals surface area contributed by atoms with Crippen molar-refractivity contribution in [1.82, 2.24) is 14.9 Å². The largest absolute Gasteiger partial charge is 0.488 e. The average Bonchev–Trinajstić information content (AvgIpc) is 3.18. The summed E-state index contributed by atoms with van der Waals surface area (Å²) in [5.74, 6) is 7.90. The van der Waals surface area contributed by atoms with Crippen molar-refractivity contribution in [3.63, 3.8) is 0 Å². The number of aryl methyl sites for hydroxylation is 1. The van der Waals surface area contributed by atoms with E-state index in [4.69, 9.17) is 22.2 Å². The average molecular weight is 479 g/mol. The van der Waals surface area contributed by atoms with Crippen LogP contribution in [0, 0.1) is 6.92 Å². The molecule has 0 atom stereocenters. The first kappa shape index (κ1) is 22.7. The van der Waals surface area contributed by atoms with E-state index in [0.717, 1.165) is 16.9 Å². The number of benzene rings is 3. The summed E-state index contributed by atoms with van der Waals surface area (Å²) in [6.45, 7) is 2.42. The molecule has 0 bridgehead atoms. The normalized spacial score (nSPS) is 11.1. The Morgan fingerprint density at radius 2 is 1.82 bits per heavy atom. The fraction of sp³-hybridized carbons (Fsp3) is 0.125. The maximum Gasteiger partial charge on any atom is 0.264 e. The van der Waals surface area contributed by atoms with Crippen LogP contribution in [0.4, 0.5) is 5.95 Å². The Kier molecular flexibility index (Phi) is 7.49. The van der Waals surface area contributed by atoms with Crippen molar-refractivity contribution in [2.45, 2.75) is 24.4 Å². The van der Waals surface area contributed by atoms with Crippen molar-refractivity contribution in [1.29, 1.82) is 0 Å². The Hall–Kier alpha value is -3.49. The van der Waals surface area contributed by atoms with Crippen LogP contribution in [-0.2, 0) is 12.4 Å². The molecule has 3 N–H and O–H groups in total. The molecule has 0 unspecified atom stereocenters. The van der Waals surface area contributed by atoms with Crippen LogP contribution < -0.4 is 16.0 Å². The number of nitrogens with two attached hydrogens (primary N) is 1. The van der Waals surface area contributed by atoms with Crippen LogP contribution in [-0.4, -0.2) is 21.1 Å². The number of halogens is 1. The van der Waals surface area contributed by atoms with Crippen LogP contribution in [0.5, 0.6) is 5.75 Å². The predicted molar refractivity (Wildman–Crippen MR) is 134 cm³/mol. The zero-order valence-electron chi connectivity index (χ0n) is 18.0. The number of hydrogen-bond donors (Lipinski definition) is 2. The van der Waals surface area contributed by atoms with E-state index in [1.165, 1.54) is 27.6 Å². The summed E-state index contributed by atoms with van der Waals surface area (Å²) in [7, 11) is 0. The van der Waals surface area contributed by atoms with E-state index in [-0.39, 0.29) is 0 Å². The quantitative estimate of drug-likeness (QED) is 0.147. The van der Waals surface area contributed by atoms with E-state index in [1.807, 2.05) is 48.5 Å². The lowest BCUT2D eigenvalue weighted by Crippen LogP contribution is -2.13. The SMILES string of the molecule is Cc1ccc(CSc2nnc(N/N=C/c3ccccc3OCc3ccccc3Cl)n2N)cc1. The van der Waals surface area contributed by atoms with Gasteiger partial charge in [-0.25, -0.2) is 10.1 Å². The van der Waals surface area contributed by atoms with Gasteiger partial charge in [-0.1, -0.05) is 83.5 Å². The van der Waals surface area contributed by atoms with Crippen molar-refractivity contribution in [2.75, 3.05) is 11.3 Å². The Labute approximate surface area is 201 Å². The van der Waals surface area contributed by atoms with Gasteiger partial charge in [0.25, 0.3) is 5.95 Å². The molecule has 7 nitrogen and oxygen atoms in total. The molecule has 33 heavy (non-hydrogen) atoms. The third-order valence-corrected chi connectivity index (χ3v) is 6.16. The second-order valence-corrected chi connectivity index (χ2v) is 8.59. The van der Waals surface area contributed by atoms with E-state index < -0.39 is 0 Å². The number of nitrogens with one attached hydrogen (secondary N) is 1. The van der Waals surface area contributed by atoms with Crippen molar-refractivity contribution >= 4 is 35.5 Å². The van der Waals surface area contributed by atoms with Crippen LogP contribution in [0.15, 0.2) is 83.1 Å². The van der Waals surface area contributed by atoms with Gasteiger partial charge < -0.3 is 10.6 Å². The molecular formula is C24H23ClN6OS. The van der Waals surface area contributed by atoms with Gasteiger partial charge in [0.1, 0.15) is 12.4 Å². The third-order valence-electron chi connectivity index (χ3n) is 4.78. The zero-order chi connectivity index (χ0) is 23.0. The molecule has 168 valence electrons. The lowest BCUT2D eigenvalue weighted by molar-refractivity contribution is 0.306. The van der Waals surface area contributed by atoms with Gasteiger partial charge in [0.2, 0.25) is 5.16 Å². The minimum atomic E-state index is 0.340. The molecule has 0 saturated carbocycles. The maximum atomic E-state index is 6.22. The van der Waals surface area contributed by atoms with Crippen LogP contribution in [0.2, 0.25) is 5.02 Å². The highest BCUT2D eigenvalue weighted by Gasteiger charge is 2.10. The number of para-hydroxylation sites is 1. The molecule has 0 spiro atoms. The molecule has 0 aliphatic rings. The standard InChI is InChI=1S/C24H23ClN6OS/c1-17-10-12-18(13-11-17)16-33-24-30-29-23(31(24)26)28-27-14-19-6-3-5-9-22(19)32-15-20-7-2-4-8-21(20)25/h2-14H,15-16,26H2,1H3,(H,28,29)/b27-14+. The minimum Gasteiger partial charge on any atom is -0.488 e. The molecule has 0 aliphatic carbocycles. The lowest BCUT2D eigenvalue weighted by Gasteiger charge is -2.10. The summed E-state index contributed by atoms with van der Waals surface area (Å²) < 4.78 is 7.34. The van der Waals surface area contributed by atoms with Gasteiger partial charge in [-0.05, 0) is 30.7 Å². The Bertz CT molecular complexity index is 1240. The number of nitrogen functional groups attached to an aromatic ring is 1. The minimum absolute atomic E-state index is 0.340. The molecule has 0 saturated heterocycles. The summed E-state index contributed by atoms with van der Waals surface area (Å²) in [6.07, 6.45) is 1.65. The van der Waals surface area contributed by atoms with E-state index in [1.54, 1.807) is 6.21 Å². The maximum absolute atomic E-state index is 6.22. The fourth-order valence-electron chi connectivity index (χ4n) is 2.93. The first-order valence-electron chi connectivity index (χ1n) is 10.2. The van der Waals surface area contributed by atoms with Crippen LogP contribution in [0.25, 0.3) is 0 Å². The molecule has 0 aliphatic heterocycles. The number of ether oxygens (including phenoxy) is 1. The second-order valence-electron chi connectivity index (χ2n) is 7.24. The Morgan fingerprint density at radius 3 is 2.64 bits per heavy atom. The molecule has 1 heterocycles. The van der Waals surface area contributed by atoms with E-state index in [9.17, 15) is 0 Å². The summed E-state index contributed by atoms with van der Waals surface area (Å²) in [6, 6.07) is 23.5. The van der Waals surface area contributed by atoms with Gasteiger partial charge in [-0.2, -0.15) is 5.10 Å².